The Labute approximate surface area is 96.0 Å². The van der Waals surface area contributed by atoms with Gasteiger partial charge in [-0.05, 0) is 37.5 Å². The third-order valence-corrected chi connectivity index (χ3v) is 6.22. The van der Waals surface area contributed by atoms with Crippen LogP contribution in [0.2, 0.25) is 0 Å². The van der Waals surface area contributed by atoms with Crippen LogP contribution in [0.1, 0.15) is 32.6 Å². The molecule has 1 N–H and O–H groups in total. The van der Waals surface area contributed by atoms with Crippen molar-refractivity contribution < 1.29 is 18.3 Å². The minimum absolute atomic E-state index is 0.0571. The molecule has 92 valence electrons. The van der Waals surface area contributed by atoms with E-state index in [0.717, 1.165) is 19.3 Å². The first-order valence-corrected chi connectivity index (χ1v) is 7.56. The Hall–Kier alpha value is -0.580. The molecule has 0 bridgehead atoms. The van der Waals surface area contributed by atoms with Gasteiger partial charge in [0.2, 0.25) is 0 Å². The molecular weight excluding hydrogens is 228 g/mol. The molecule has 2 aliphatic carbocycles. The summed E-state index contributed by atoms with van der Waals surface area (Å²) in [4.78, 5) is 10.9. The summed E-state index contributed by atoms with van der Waals surface area (Å²) < 4.78 is 23.6. The van der Waals surface area contributed by atoms with Gasteiger partial charge in [0.25, 0.3) is 0 Å². The van der Waals surface area contributed by atoms with Crippen LogP contribution in [0.4, 0.5) is 0 Å². The summed E-state index contributed by atoms with van der Waals surface area (Å²) in [6.45, 7) is 1.91. The topological polar surface area (TPSA) is 71.4 Å². The van der Waals surface area contributed by atoms with Crippen molar-refractivity contribution in [3.63, 3.8) is 0 Å². The zero-order chi connectivity index (χ0) is 11.9. The second kappa shape index (κ2) is 4.02. The second-order valence-electron chi connectivity index (χ2n) is 5.29. The molecular formula is C11H18O4S. The first-order chi connectivity index (χ1) is 7.40. The molecule has 0 amide bonds. The monoisotopic (exact) mass is 246 g/mol. The van der Waals surface area contributed by atoms with Crippen molar-refractivity contribution >= 4 is 15.8 Å². The van der Waals surface area contributed by atoms with Crippen LogP contribution in [0.5, 0.6) is 0 Å². The first-order valence-electron chi connectivity index (χ1n) is 5.84. The summed E-state index contributed by atoms with van der Waals surface area (Å²) >= 11 is 0. The molecule has 3 atom stereocenters. The summed E-state index contributed by atoms with van der Waals surface area (Å²) in [7, 11) is -2.94. The smallest absolute Gasteiger partial charge is 0.306 e. The summed E-state index contributed by atoms with van der Waals surface area (Å²) in [5, 5.41) is 8.85. The van der Waals surface area contributed by atoms with E-state index in [0.29, 0.717) is 6.42 Å². The predicted octanol–water partition coefficient (Wildman–Crippen LogP) is 1.31. The Morgan fingerprint density at radius 3 is 2.38 bits per heavy atom. The minimum Gasteiger partial charge on any atom is -0.481 e. The predicted molar refractivity (Wildman–Crippen MR) is 59.8 cm³/mol. The van der Waals surface area contributed by atoms with E-state index in [1.54, 1.807) is 0 Å². The van der Waals surface area contributed by atoms with Gasteiger partial charge in [0.1, 0.15) is 0 Å². The van der Waals surface area contributed by atoms with Crippen molar-refractivity contribution in [2.24, 2.45) is 17.8 Å². The lowest BCUT2D eigenvalue weighted by Crippen LogP contribution is -2.19. The highest BCUT2D eigenvalue weighted by molar-refractivity contribution is 7.92. The van der Waals surface area contributed by atoms with Gasteiger partial charge in [0, 0.05) is 0 Å². The number of carboxylic acids is 1. The fourth-order valence-corrected chi connectivity index (χ4v) is 4.81. The number of rotatable bonds is 4. The molecule has 4 nitrogen and oxygen atoms in total. The highest BCUT2D eigenvalue weighted by Gasteiger charge is 2.42. The number of carboxylic acid groups (broad SMARTS) is 1. The molecule has 0 radical (unpaired) electrons. The maximum Gasteiger partial charge on any atom is 0.306 e. The standard InChI is InChI=1S/C11H18O4S/c1-7-4-8(5-10(7)11(12)13)6-16(14,15)9-2-3-9/h7-10H,2-6H2,1H3,(H,12,13). The van der Waals surface area contributed by atoms with Crippen molar-refractivity contribution in [2.45, 2.75) is 37.9 Å². The molecule has 3 unspecified atom stereocenters. The van der Waals surface area contributed by atoms with Crippen molar-refractivity contribution in [3.8, 4) is 0 Å². The number of carbonyl (C=O) groups is 1. The molecule has 0 aliphatic heterocycles. The number of aliphatic carboxylic acids is 1. The van der Waals surface area contributed by atoms with E-state index in [1.807, 2.05) is 6.92 Å². The highest BCUT2D eigenvalue weighted by atomic mass is 32.2. The van der Waals surface area contributed by atoms with Gasteiger partial charge in [-0.15, -0.1) is 0 Å². The molecule has 16 heavy (non-hydrogen) atoms. The molecule has 2 rings (SSSR count). The van der Waals surface area contributed by atoms with E-state index in [2.05, 4.69) is 0 Å². The second-order valence-corrected chi connectivity index (χ2v) is 7.61. The third kappa shape index (κ3) is 2.39. The SMILES string of the molecule is CC1CC(CS(=O)(=O)C2CC2)CC1C(=O)O. The van der Waals surface area contributed by atoms with Gasteiger partial charge in [0.15, 0.2) is 9.84 Å². The molecule has 0 aromatic heterocycles. The van der Waals surface area contributed by atoms with Crippen LogP contribution in [0.25, 0.3) is 0 Å². The van der Waals surface area contributed by atoms with Gasteiger partial charge >= 0.3 is 5.97 Å². The Balaban J connectivity index is 1.96. The van der Waals surface area contributed by atoms with E-state index in [4.69, 9.17) is 5.11 Å². The van der Waals surface area contributed by atoms with Gasteiger partial charge in [-0.25, -0.2) is 8.42 Å². The maximum absolute atomic E-state index is 11.8. The van der Waals surface area contributed by atoms with Crippen LogP contribution in [-0.2, 0) is 14.6 Å². The van der Waals surface area contributed by atoms with Crippen molar-refractivity contribution in [1.29, 1.82) is 0 Å². The van der Waals surface area contributed by atoms with E-state index in [-0.39, 0.29) is 28.8 Å². The van der Waals surface area contributed by atoms with Gasteiger partial charge in [-0.2, -0.15) is 0 Å². The highest BCUT2D eigenvalue weighted by Crippen LogP contribution is 2.39. The van der Waals surface area contributed by atoms with E-state index in [1.165, 1.54) is 0 Å². The van der Waals surface area contributed by atoms with Crippen LogP contribution in [0, 0.1) is 17.8 Å². The Bertz CT molecular complexity index is 383. The number of hydrogen-bond acceptors (Lipinski definition) is 3. The summed E-state index contributed by atoms with van der Waals surface area (Å²) in [6, 6.07) is 0. The van der Waals surface area contributed by atoms with Crippen LogP contribution in [0.15, 0.2) is 0 Å². The van der Waals surface area contributed by atoms with E-state index in [9.17, 15) is 13.2 Å². The lowest BCUT2D eigenvalue weighted by Gasteiger charge is -2.09. The quantitative estimate of drug-likeness (QED) is 0.812. The fraction of sp³-hybridized carbons (Fsp3) is 0.909. The van der Waals surface area contributed by atoms with E-state index >= 15 is 0 Å². The maximum atomic E-state index is 11.8. The minimum atomic E-state index is -2.94. The molecule has 0 spiro atoms. The normalized spacial score (nSPS) is 35.2. The molecule has 0 aromatic rings. The van der Waals surface area contributed by atoms with Crippen molar-refractivity contribution in [1.82, 2.24) is 0 Å². The van der Waals surface area contributed by atoms with Crippen LogP contribution in [-0.4, -0.2) is 30.5 Å². The first kappa shape index (κ1) is 11.9. The van der Waals surface area contributed by atoms with Gasteiger partial charge in [-0.1, -0.05) is 6.92 Å². The average Bonchev–Trinajstić information content (AvgIpc) is 2.91. The van der Waals surface area contributed by atoms with Crippen LogP contribution in [0.3, 0.4) is 0 Å². The number of hydrogen-bond donors (Lipinski definition) is 1. The van der Waals surface area contributed by atoms with Gasteiger partial charge < -0.3 is 5.11 Å². The third-order valence-electron chi connectivity index (χ3n) is 3.80. The van der Waals surface area contributed by atoms with Crippen molar-refractivity contribution in [3.05, 3.63) is 0 Å². The Kier molecular flexibility index (Phi) is 2.99. The number of sulfone groups is 1. The lowest BCUT2D eigenvalue weighted by atomic mass is 9.99. The molecule has 2 fully saturated rings. The fourth-order valence-electron chi connectivity index (χ4n) is 2.75. The summed E-state index contributed by atoms with van der Waals surface area (Å²) in [6.07, 6.45) is 2.87. The Morgan fingerprint density at radius 1 is 1.31 bits per heavy atom. The van der Waals surface area contributed by atoms with Crippen LogP contribution >= 0.6 is 0 Å². The molecule has 0 aromatic carbocycles. The molecule has 5 heteroatoms. The average molecular weight is 246 g/mol. The van der Waals surface area contributed by atoms with Crippen molar-refractivity contribution in [2.75, 3.05) is 5.75 Å². The largest absolute Gasteiger partial charge is 0.481 e. The molecule has 0 heterocycles. The molecule has 2 aliphatic rings. The van der Waals surface area contributed by atoms with Crippen LogP contribution < -0.4 is 0 Å². The van der Waals surface area contributed by atoms with E-state index < -0.39 is 15.8 Å². The van der Waals surface area contributed by atoms with Gasteiger partial charge in [-0.3, -0.25) is 4.79 Å². The molecule has 2 saturated carbocycles. The lowest BCUT2D eigenvalue weighted by molar-refractivity contribution is -0.142. The van der Waals surface area contributed by atoms with Gasteiger partial charge in [0.05, 0.1) is 16.9 Å². The zero-order valence-electron chi connectivity index (χ0n) is 9.43. The Morgan fingerprint density at radius 2 is 1.94 bits per heavy atom. The zero-order valence-corrected chi connectivity index (χ0v) is 10.2. The summed E-state index contributed by atoms with van der Waals surface area (Å²) in [5.41, 5.74) is 0. The summed E-state index contributed by atoms with van der Waals surface area (Å²) in [5.74, 6) is -0.761. The molecule has 0 saturated heterocycles.